The number of nitrogens with zero attached hydrogens (tertiary/aromatic N) is 1. The van der Waals surface area contributed by atoms with E-state index in [1.165, 1.54) is 0 Å². The van der Waals surface area contributed by atoms with Gasteiger partial charge in [0.15, 0.2) is 6.73 Å². The molecule has 2 heteroatoms. The van der Waals surface area contributed by atoms with Crippen LogP contribution in [0.3, 0.4) is 0 Å². The predicted octanol–water partition coefficient (Wildman–Crippen LogP) is 1.85. The molecular formula is C9H22NO+. The summed E-state index contributed by atoms with van der Waals surface area (Å²) in [5.74, 6) is 0. The minimum absolute atomic E-state index is 0.339. The highest BCUT2D eigenvalue weighted by atomic mass is 16.5. The van der Waals surface area contributed by atoms with Gasteiger partial charge < -0.3 is 9.22 Å². The van der Waals surface area contributed by atoms with E-state index in [4.69, 9.17) is 4.74 Å². The molecule has 0 heterocycles. The first-order valence-corrected chi connectivity index (χ1v) is 4.30. The first-order valence-electron chi connectivity index (χ1n) is 4.30. The highest BCUT2D eigenvalue weighted by molar-refractivity contribution is 4.37. The SMILES string of the molecule is CC(C)OC[N+](C)(C)C(C)C. The Bertz CT molecular complexity index is 108. The number of quaternary nitrogens is 1. The van der Waals surface area contributed by atoms with Crippen LogP contribution in [0.1, 0.15) is 27.7 Å². The van der Waals surface area contributed by atoms with Gasteiger partial charge in [-0.2, -0.15) is 0 Å². The van der Waals surface area contributed by atoms with Crippen molar-refractivity contribution in [1.29, 1.82) is 0 Å². The van der Waals surface area contributed by atoms with Crippen LogP contribution in [-0.4, -0.2) is 37.5 Å². The Balaban J connectivity index is 3.73. The molecule has 0 spiro atoms. The minimum atomic E-state index is 0.339. The van der Waals surface area contributed by atoms with Crippen LogP contribution in [-0.2, 0) is 4.74 Å². The van der Waals surface area contributed by atoms with E-state index >= 15 is 0 Å². The highest BCUT2D eigenvalue weighted by Gasteiger charge is 2.19. The van der Waals surface area contributed by atoms with Crippen molar-refractivity contribution in [3.05, 3.63) is 0 Å². The fourth-order valence-electron chi connectivity index (χ4n) is 0.490. The summed E-state index contributed by atoms with van der Waals surface area (Å²) in [6.45, 7) is 9.36. The lowest BCUT2D eigenvalue weighted by atomic mass is 10.3. The summed E-state index contributed by atoms with van der Waals surface area (Å²) in [5, 5.41) is 0. The molecule has 11 heavy (non-hydrogen) atoms. The van der Waals surface area contributed by atoms with Crippen LogP contribution in [0.25, 0.3) is 0 Å². The third-order valence-electron chi connectivity index (χ3n) is 2.14. The Kier molecular flexibility index (Phi) is 4.04. The smallest absolute Gasteiger partial charge is 0.183 e. The molecule has 0 unspecified atom stereocenters. The monoisotopic (exact) mass is 160 g/mol. The third-order valence-corrected chi connectivity index (χ3v) is 2.14. The van der Waals surface area contributed by atoms with E-state index in [-0.39, 0.29) is 0 Å². The predicted molar refractivity (Wildman–Crippen MR) is 48.3 cm³/mol. The second-order valence-electron chi connectivity index (χ2n) is 4.22. The van der Waals surface area contributed by atoms with E-state index in [9.17, 15) is 0 Å². The normalized spacial score (nSPS) is 13.1. The molecule has 0 aromatic carbocycles. The van der Waals surface area contributed by atoms with Gasteiger partial charge in [-0.3, -0.25) is 0 Å². The van der Waals surface area contributed by atoms with Crippen molar-refractivity contribution in [2.24, 2.45) is 0 Å². The zero-order valence-electron chi connectivity index (χ0n) is 8.72. The van der Waals surface area contributed by atoms with Crippen LogP contribution in [0.2, 0.25) is 0 Å². The lowest BCUT2D eigenvalue weighted by Crippen LogP contribution is -2.47. The quantitative estimate of drug-likeness (QED) is 0.450. The van der Waals surface area contributed by atoms with Crippen molar-refractivity contribution in [1.82, 2.24) is 0 Å². The van der Waals surface area contributed by atoms with Crippen LogP contribution in [0.15, 0.2) is 0 Å². The number of hydrogen-bond acceptors (Lipinski definition) is 1. The summed E-state index contributed by atoms with van der Waals surface area (Å²) >= 11 is 0. The van der Waals surface area contributed by atoms with Gasteiger partial charge in [-0.1, -0.05) is 0 Å². The molecule has 0 bridgehead atoms. The summed E-state index contributed by atoms with van der Waals surface area (Å²) in [6, 6.07) is 0.619. The first kappa shape index (κ1) is 10.9. The van der Waals surface area contributed by atoms with Gasteiger partial charge >= 0.3 is 0 Å². The average Bonchev–Trinajstić information content (AvgIpc) is 1.84. The molecule has 0 rings (SSSR count). The second-order valence-corrected chi connectivity index (χ2v) is 4.22. The Morgan fingerprint density at radius 2 is 1.55 bits per heavy atom. The second kappa shape index (κ2) is 4.07. The van der Waals surface area contributed by atoms with Gasteiger partial charge in [0.05, 0.1) is 26.2 Å². The molecule has 0 aromatic heterocycles. The average molecular weight is 160 g/mol. The zero-order chi connectivity index (χ0) is 9.07. The van der Waals surface area contributed by atoms with Crippen molar-refractivity contribution in [2.75, 3.05) is 20.8 Å². The van der Waals surface area contributed by atoms with Gasteiger partial charge in [0.25, 0.3) is 0 Å². The highest BCUT2D eigenvalue weighted by Crippen LogP contribution is 2.06. The Hall–Kier alpha value is -0.0800. The van der Waals surface area contributed by atoms with Crippen molar-refractivity contribution >= 4 is 0 Å². The summed E-state index contributed by atoms with van der Waals surface area (Å²) < 4.78 is 6.47. The van der Waals surface area contributed by atoms with Gasteiger partial charge in [-0.05, 0) is 27.7 Å². The molecule has 0 saturated carbocycles. The van der Waals surface area contributed by atoms with E-state index in [1.54, 1.807) is 0 Å². The molecule has 0 aliphatic heterocycles. The van der Waals surface area contributed by atoms with Gasteiger partial charge in [0, 0.05) is 0 Å². The minimum Gasteiger partial charge on any atom is -0.329 e. The lowest BCUT2D eigenvalue weighted by molar-refractivity contribution is -0.930. The number of hydrogen-bond donors (Lipinski definition) is 0. The number of ether oxygens (including phenoxy) is 1. The molecule has 0 saturated heterocycles. The molecule has 0 radical (unpaired) electrons. The molecule has 0 atom stereocenters. The lowest BCUT2D eigenvalue weighted by Gasteiger charge is -2.34. The maximum Gasteiger partial charge on any atom is 0.183 e. The van der Waals surface area contributed by atoms with Crippen molar-refractivity contribution in [3.8, 4) is 0 Å². The van der Waals surface area contributed by atoms with Gasteiger partial charge in [0.1, 0.15) is 0 Å². The fourth-order valence-corrected chi connectivity index (χ4v) is 0.490. The molecule has 0 N–H and O–H groups in total. The first-order chi connectivity index (χ1) is 4.86. The Morgan fingerprint density at radius 3 is 1.82 bits per heavy atom. The van der Waals surface area contributed by atoms with Crippen molar-refractivity contribution < 1.29 is 9.22 Å². The Morgan fingerprint density at radius 1 is 1.09 bits per heavy atom. The van der Waals surface area contributed by atoms with Gasteiger partial charge in [-0.15, -0.1) is 0 Å². The molecule has 0 aliphatic carbocycles. The van der Waals surface area contributed by atoms with Gasteiger partial charge in [0.2, 0.25) is 0 Å². The number of rotatable bonds is 4. The van der Waals surface area contributed by atoms with E-state index in [2.05, 4.69) is 41.8 Å². The van der Waals surface area contributed by atoms with Crippen molar-refractivity contribution in [3.63, 3.8) is 0 Å². The molecule has 68 valence electrons. The van der Waals surface area contributed by atoms with Crippen LogP contribution in [0.4, 0.5) is 0 Å². The maximum absolute atomic E-state index is 5.54. The van der Waals surface area contributed by atoms with E-state index in [0.29, 0.717) is 12.1 Å². The summed E-state index contributed by atoms with van der Waals surface area (Å²) in [6.07, 6.45) is 0.339. The summed E-state index contributed by atoms with van der Waals surface area (Å²) in [5.41, 5.74) is 0. The van der Waals surface area contributed by atoms with E-state index < -0.39 is 0 Å². The van der Waals surface area contributed by atoms with Crippen LogP contribution < -0.4 is 0 Å². The van der Waals surface area contributed by atoms with E-state index in [1.807, 2.05) is 0 Å². The molecular weight excluding hydrogens is 138 g/mol. The summed E-state index contributed by atoms with van der Waals surface area (Å²) in [4.78, 5) is 0. The summed E-state index contributed by atoms with van der Waals surface area (Å²) in [7, 11) is 4.38. The molecule has 2 nitrogen and oxygen atoms in total. The van der Waals surface area contributed by atoms with E-state index in [0.717, 1.165) is 11.2 Å². The third kappa shape index (κ3) is 4.38. The van der Waals surface area contributed by atoms with Crippen LogP contribution in [0, 0.1) is 0 Å². The topological polar surface area (TPSA) is 9.23 Å². The fraction of sp³-hybridized carbons (Fsp3) is 1.00. The molecule has 0 aliphatic rings. The standard InChI is InChI=1S/C9H22NO/c1-8(2)10(5,6)7-11-9(3)4/h8-9H,7H2,1-6H3/q+1. The molecule has 0 amide bonds. The van der Waals surface area contributed by atoms with Crippen LogP contribution in [0.5, 0.6) is 0 Å². The van der Waals surface area contributed by atoms with Crippen molar-refractivity contribution in [2.45, 2.75) is 39.8 Å². The molecule has 0 aromatic rings. The zero-order valence-corrected chi connectivity index (χ0v) is 8.72. The maximum atomic E-state index is 5.54. The van der Waals surface area contributed by atoms with Crippen LogP contribution >= 0.6 is 0 Å². The van der Waals surface area contributed by atoms with Gasteiger partial charge in [-0.25, -0.2) is 0 Å². The molecule has 0 fully saturated rings. The largest absolute Gasteiger partial charge is 0.329 e. The Labute approximate surface area is 70.7 Å².